The number of oxime groups is 1. The number of halogens is 1. The summed E-state index contributed by atoms with van der Waals surface area (Å²) in [6.45, 7) is 3.94. The Hall–Kier alpha value is -1.91. The lowest BCUT2D eigenvalue weighted by Gasteiger charge is -2.14. The molecule has 0 fully saturated rings. The van der Waals surface area contributed by atoms with Crippen LogP contribution >= 0.6 is 0 Å². The Morgan fingerprint density at radius 1 is 1.53 bits per heavy atom. The lowest BCUT2D eigenvalue weighted by atomic mass is 10.0. The molecule has 4 nitrogen and oxygen atoms in total. The molecule has 0 radical (unpaired) electrons. The topological polar surface area (TPSA) is 50.7 Å². The molecule has 1 aliphatic heterocycles. The summed E-state index contributed by atoms with van der Waals surface area (Å²) in [6.07, 6.45) is 0.687. The van der Waals surface area contributed by atoms with Gasteiger partial charge in [-0.1, -0.05) is 24.2 Å². The van der Waals surface area contributed by atoms with Gasteiger partial charge in [-0.25, -0.2) is 4.39 Å². The van der Waals surface area contributed by atoms with Crippen LogP contribution in [0.3, 0.4) is 0 Å². The average molecular weight is 264 g/mol. The van der Waals surface area contributed by atoms with Crippen molar-refractivity contribution in [1.29, 1.82) is 0 Å². The third-order valence-electron chi connectivity index (χ3n) is 3.14. The number of hydrogen-bond donors (Lipinski definition) is 1. The van der Waals surface area contributed by atoms with E-state index in [-0.39, 0.29) is 17.8 Å². The van der Waals surface area contributed by atoms with E-state index in [9.17, 15) is 9.18 Å². The molecular formula is C14H17FN2O2. The summed E-state index contributed by atoms with van der Waals surface area (Å²) in [6, 6.07) is 6.11. The lowest BCUT2D eigenvalue weighted by Crippen LogP contribution is -2.39. The highest BCUT2D eigenvalue weighted by Gasteiger charge is 2.29. The molecule has 0 aromatic heterocycles. The first-order valence-corrected chi connectivity index (χ1v) is 6.39. The number of hydrogen-bond acceptors (Lipinski definition) is 3. The van der Waals surface area contributed by atoms with Gasteiger partial charge in [0.1, 0.15) is 5.82 Å². The van der Waals surface area contributed by atoms with E-state index >= 15 is 0 Å². The molecule has 5 heteroatoms. The monoisotopic (exact) mass is 264 g/mol. The van der Waals surface area contributed by atoms with E-state index in [1.54, 1.807) is 12.1 Å². The highest BCUT2D eigenvalue weighted by molar-refractivity contribution is 6.04. The Bertz CT molecular complexity index is 485. The number of amides is 1. The van der Waals surface area contributed by atoms with Gasteiger partial charge in [0.15, 0.2) is 0 Å². The maximum Gasteiger partial charge on any atom is 0.264 e. The fraction of sp³-hybridized carbons (Fsp3) is 0.429. The molecule has 0 saturated heterocycles. The molecule has 0 bridgehead atoms. The minimum absolute atomic E-state index is 0.117. The third-order valence-corrected chi connectivity index (χ3v) is 3.14. The summed E-state index contributed by atoms with van der Waals surface area (Å²) in [4.78, 5) is 17.0. The first kappa shape index (κ1) is 13.5. The molecule has 0 unspecified atom stereocenters. The third kappa shape index (κ3) is 3.30. The van der Waals surface area contributed by atoms with E-state index in [2.05, 4.69) is 10.5 Å². The van der Waals surface area contributed by atoms with Crippen molar-refractivity contribution < 1.29 is 14.0 Å². The Morgan fingerprint density at radius 3 is 2.84 bits per heavy atom. The normalized spacial score (nSPS) is 19.5. The number of carbonyl (C=O) groups is 1. The molecule has 2 rings (SSSR count). The average Bonchev–Trinajstić information content (AvgIpc) is 2.89. The van der Waals surface area contributed by atoms with Crippen LogP contribution in [0, 0.1) is 5.82 Å². The second-order valence-corrected chi connectivity index (χ2v) is 4.66. The van der Waals surface area contributed by atoms with Gasteiger partial charge in [-0.3, -0.25) is 4.79 Å². The Balaban J connectivity index is 1.95. The van der Waals surface area contributed by atoms with Crippen molar-refractivity contribution in [3.8, 4) is 0 Å². The molecule has 0 aliphatic carbocycles. The zero-order chi connectivity index (χ0) is 13.8. The standard InChI is InChI=1S/C14H17FN2O2/c1-3-9(2)16-14(18)13-8-12(17-19-13)10-4-6-11(15)7-5-10/h4-7,9,13H,3,8H2,1-2H3,(H,16,18)/t9-,13-/m1/s1. The van der Waals surface area contributed by atoms with Crippen molar-refractivity contribution in [1.82, 2.24) is 5.32 Å². The van der Waals surface area contributed by atoms with Crippen LogP contribution in [-0.2, 0) is 9.63 Å². The number of rotatable bonds is 4. The zero-order valence-corrected chi connectivity index (χ0v) is 11.0. The molecule has 1 aromatic rings. The molecule has 19 heavy (non-hydrogen) atoms. The van der Waals surface area contributed by atoms with Crippen LogP contribution in [0.15, 0.2) is 29.4 Å². The van der Waals surface area contributed by atoms with E-state index in [1.165, 1.54) is 12.1 Å². The Morgan fingerprint density at radius 2 is 2.21 bits per heavy atom. The summed E-state index contributed by atoms with van der Waals surface area (Å²) in [5.74, 6) is -0.454. The van der Waals surface area contributed by atoms with Crippen molar-refractivity contribution in [3.63, 3.8) is 0 Å². The summed E-state index contributed by atoms with van der Waals surface area (Å²) in [5.41, 5.74) is 1.45. The maximum absolute atomic E-state index is 12.8. The molecule has 1 aromatic carbocycles. The molecule has 1 amide bonds. The van der Waals surface area contributed by atoms with Crippen LogP contribution in [0.25, 0.3) is 0 Å². The van der Waals surface area contributed by atoms with Gasteiger partial charge in [0.05, 0.1) is 5.71 Å². The first-order chi connectivity index (χ1) is 9.10. The van der Waals surface area contributed by atoms with Crippen molar-refractivity contribution >= 4 is 11.6 Å². The summed E-state index contributed by atoms with van der Waals surface area (Å²) >= 11 is 0. The number of nitrogens with one attached hydrogen (secondary N) is 1. The summed E-state index contributed by atoms with van der Waals surface area (Å²) in [5, 5.41) is 6.76. The smallest absolute Gasteiger partial charge is 0.264 e. The molecule has 0 spiro atoms. The molecule has 0 saturated carbocycles. The fourth-order valence-corrected chi connectivity index (χ4v) is 1.77. The molecule has 1 heterocycles. The SMILES string of the molecule is CC[C@@H](C)NC(=O)[C@H]1CC(c2ccc(F)cc2)=NO1. The maximum atomic E-state index is 12.8. The second-order valence-electron chi connectivity index (χ2n) is 4.66. The van der Waals surface area contributed by atoms with Gasteiger partial charge in [-0.2, -0.15) is 0 Å². The fourth-order valence-electron chi connectivity index (χ4n) is 1.77. The highest BCUT2D eigenvalue weighted by Crippen LogP contribution is 2.17. The van der Waals surface area contributed by atoms with Crippen LogP contribution in [0.5, 0.6) is 0 Å². The van der Waals surface area contributed by atoms with Gasteiger partial charge in [-0.05, 0) is 31.0 Å². The Labute approximate surface area is 111 Å². The van der Waals surface area contributed by atoms with E-state index in [4.69, 9.17) is 4.84 Å². The van der Waals surface area contributed by atoms with Gasteiger partial charge in [0.2, 0.25) is 6.10 Å². The zero-order valence-electron chi connectivity index (χ0n) is 11.0. The van der Waals surface area contributed by atoms with E-state index in [0.717, 1.165) is 12.0 Å². The molecule has 102 valence electrons. The van der Waals surface area contributed by atoms with Crippen molar-refractivity contribution in [3.05, 3.63) is 35.6 Å². The van der Waals surface area contributed by atoms with Crippen LogP contribution in [0.2, 0.25) is 0 Å². The first-order valence-electron chi connectivity index (χ1n) is 6.39. The van der Waals surface area contributed by atoms with Crippen molar-refractivity contribution in [2.75, 3.05) is 0 Å². The molecule has 1 N–H and O–H groups in total. The number of carbonyl (C=O) groups excluding carboxylic acids is 1. The van der Waals surface area contributed by atoms with Gasteiger partial charge in [0, 0.05) is 12.5 Å². The number of nitrogens with zero attached hydrogens (tertiary/aromatic N) is 1. The molecule has 1 aliphatic rings. The van der Waals surface area contributed by atoms with Crippen LogP contribution in [0.4, 0.5) is 4.39 Å². The van der Waals surface area contributed by atoms with Gasteiger partial charge in [0.25, 0.3) is 5.91 Å². The predicted molar refractivity (Wildman–Crippen MR) is 70.3 cm³/mol. The van der Waals surface area contributed by atoms with Gasteiger partial charge >= 0.3 is 0 Å². The molecular weight excluding hydrogens is 247 g/mol. The largest absolute Gasteiger partial charge is 0.382 e. The van der Waals surface area contributed by atoms with E-state index in [1.807, 2.05) is 13.8 Å². The second kappa shape index (κ2) is 5.82. The van der Waals surface area contributed by atoms with Crippen LogP contribution in [0.1, 0.15) is 32.3 Å². The minimum atomic E-state index is -0.589. The van der Waals surface area contributed by atoms with E-state index in [0.29, 0.717) is 12.1 Å². The number of benzene rings is 1. The van der Waals surface area contributed by atoms with E-state index < -0.39 is 6.10 Å². The van der Waals surface area contributed by atoms with Crippen LogP contribution < -0.4 is 5.32 Å². The summed E-state index contributed by atoms with van der Waals surface area (Å²) < 4.78 is 12.8. The predicted octanol–water partition coefficient (Wildman–Crippen LogP) is 2.23. The van der Waals surface area contributed by atoms with Crippen molar-refractivity contribution in [2.24, 2.45) is 5.16 Å². The molecule has 2 atom stereocenters. The van der Waals surface area contributed by atoms with Gasteiger partial charge < -0.3 is 10.2 Å². The highest BCUT2D eigenvalue weighted by atomic mass is 19.1. The van der Waals surface area contributed by atoms with Gasteiger partial charge in [-0.15, -0.1) is 0 Å². The minimum Gasteiger partial charge on any atom is -0.382 e. The van der Waals surface area contributed by atoms with Crippen molar-refractivity contribution in [2.45, 2.75) is 38.8 Å². The quantitative estimate of drug-likeness (QED) is 0.906. The lowest BCUT2D eigenvalue weighted by molar-refractivity contribution is -0.131. The Kier molecular flexibility index (Phi) is 4.14. The van der Waals surface area contributed by atoms with Crippen LogP contribution in [-0.4, -0.2) is 23.8 Å². The summed E-state index contributed by atoms with van der Waals surface area (Å²) in [7, 11) is 0.